The molecule has 0 heterocycles. The van der Waals surface area contributed by atoms with Crippen LogP contribution in [0.15, 0.2) is 0 Å². The molecule has 0 rings (SSSR count). The minimum Gasteiger partial charge on any atom is -0.396 e. The van der Waals surface area contributed by atoms with Crippen LogP contribution in [-0.4, -0.2) is 17.5 Å². The van der Waals surface area contributed by atoms with Crippen LogP contribution in [0.4, 0.5) is 0 Å². The molecule has 2 heteroatoms. The number of carbonyl (C=O) groups is 1. The quantitative estimate of drug-likeness (QED) is 0.644. The number of Topliss-reactive ketones (excluding diaryl/α,β-unsaturated/α-hetero) is 1. The largest absolute Gasteiger partial charge is 0.396 e. The molecule has 0 aliphatic carbocycles. The Balaban J connectivity index is 3.57. The predicted molar refractivity (Wildman–Crippen MR) is 40.7 cm³/mol. The lowest BCUT2D eigenvalue weighted by Crippen LogP contribution is -2.13. The Kier molecular flexibility index (Phi) is 4.28. The van der Waals surface area contributed by atoms with E-state index in [9.17, 15) is 4.79 Å². The van der Waals surface area contributed by atoms with Gasteiger partial charge in [0.25, 0.3) is 0 Å². The minimum atomic E-state index is 0.106. The molecule has 0 saturated carbocycles. The molecule has 0 aliphatic heterocycles. The van der Waals surface area contributed by atoms with E-state index in [1.165, 1.54) is 0 Å². The summed E-state index contributed by atoms with van der Waals surface area (Å²) in [5.74, 6) is 0.463. The Morgan fingerprint density at radius 2 is 1.90 bits per heavy atom. The molecule has 0 amide bonds. The number of ketones is 1. The van der Waals surface area contributed by atoms with Crippen molar-refractivity contribution in [3.8, 4) is 0 Å². The summed E-state index contributed by atoms with van der Waals surface area (Å²) in [5, 5.41) is 8.61. The maximum atomic E-state index is 11.0. The monoisotopic (exact) mass is 144 g/mol. The maximum Gasteiger partial charge on any atom is 0.135 e. The molecule has 1 N–H and O–H groups in total. The molecule has 0 aromatic heterocycles. The fraction of sp³-hybridized carbons (Fsp3) is 0.875. The average molecular weight is 144 g/mol. The van der Waals surface area contributed by atoms with Gasteiger partial charge in [-0.15, -0.1) is 0 Å². The molecule has 10 heavy (non-hydrogen) atoms. The predicted octanol–water partition coefficient (Wildman–Crippen LogP) is 1.23. The average Bonchev–Trinajstić information content (AvgIpc) is 1.87. The number of aliphatic hydroxyl groups excluding tert-OH is 1. The Morgan fingerprint density at radius 1 is 1.40 bits per heavy atom. The number of carbonyl (C=O) groups excluding carboxylic acids is 1. The van der Waals surface area contributed by atoms with Gasteiger partial charge in [0, 0.05) is 18.9 Å². The summed E-state index contributed by atoms with van der Waals surface area (Å²) in [6.07, 6.45) is 0.508. The molecule has 0 aliphatic rings. The van der Waals surface area contributed by atoms with Crippen molar-refractivity contribution >= 4 is 5.78 Å². The summed E-state index contributed by atoms with van der Waals surface area (Å²) in [4.78, 5) is 11.0. The van der Waals surface area contributed by atoms with Gasteiger partial charge in [0.2, 0.25) is 0 Å². The first-order chi connectivity index (χ1) is 4.57. The topological polar surface area (TPSA) is 37.3 Å². The normalized spacial score (nSPS) is 13.7. The van der Waals surface area contributed by atoms with E-state index in [-0.39, 0.29) is 24.2 Å². The zero-order chi connectivity index (χ0) is 8.15. The van der Waals surface area contributed by atoms with Crippen LogP contribution in [0.1, 0.15) is 27.2 Å². The zero-order valence-corrected chi connectivity index (χ0v) is 6.92. The van der Waals surface area contributed by atoms with Crippen molar-refractivity contribution in [1.82, 2.24) is 0 Å². The van der Waals surface area contributed by atoms with E-state index in [1.54, 1.807) is 0 Å². The highest BCUT2D eigenvalue weighted by atomic mass is 16.3. The van der Waals surface area contributed by atoms with E-state index in [1.807, 2.05) is 20.8 Å². The smallest absolute Gasteiger partial charge is 0.135 e. The Labute approximate surface area is 62.2 Å². The third kappa shape index (κ3) is 3.62. The van der Waals surface area contributed by atoms with E-state index in [2.05, 4.69) is 0 Å². The van der Waals surface area contributed by atoms with Crippen LogP contribution in [0.2, 0.25) is 0 Å². The molecule has 2 nitrogen and oxygen atoms in total. The minimum absolute atomic E-state index is 0.106. The third-order valence-electron chi connectivity index (χ3n) is 1.51. The fourth-order valence-electron chi connectivity index (χ4n) is 0.644. The lowest BCUT2D eigenvalue weighted by molar-refractivity contribution is -0.123. The van der Waals surface area contributed by atoms with Gasteiger partial charge in [-0.25, -0.2) is 0 Å². The van der Waals surface area contributed by atoms with Crippen LogP contribution < -0.4 is 0 Å². The van der Waals surface area contributed by atoms with Crippen LogP contribution in [0, 0.1) is 11.8 Å². The number of rotatable bonds is 4. The van der Waals surface area contributed by atoms with Crippen molar-refractivity contribution in [3.05, 3.63) is 0 Å². The SMILES string of the molecule is CC(C)C(=O)C[C@H](C)CO. The molecule has 0 spiro atoms. The first kappa shape index (κ1) is 9.63. The van der Waals surface area contributed by atoms with Gasteiger partial charge >= 0.3 is 0 Å². The van der Waals surface area contributed by atoms with Gasteiger partial charge < -0.3 is 5.11 Å². The van der Waals surface area contributed by atoms with Gasteiger partial charge in [-0.1, -0.05) is 20.8 Å². The van der Waals surface area contributed by atoms with E-state index in [0.29, 0.717) is 6.42 Å². The zero-order valence-electron chi connectivity index (χ0n) is 6.92. The summed E-state index contributed by atoms with van der Waals surface area (Å²) < 4.78 is 0. The molecule has 0 fully saturated rings. The molecule has 0 bridgehead atoms. The summed E-state index contributed by atoms with van der Waals surface area (Å²) >= 11 is 0. The van der Waals surface area contributed by atoms with E-state index in [0.717, 1.165) is 0 Å². The summed E-state index contributed by atoms with van der Waals surface area (Å²) in [6.45, 7) is 5.75. The summed E-state index contributed by atoms with van der Waals surface area (Å²) in [5.41, 5.74) is 0. The van der Waals surface area contributed by atoms with Crippen LogP contribution in [0.5, 0.6) is 0 Å². The standard InChI is InChI=1S/C8H16O2/c1-6(2)8(10)4-7(3)5-9/h6-7,9H,4-5H2,1-3H3/t7-/m0/s1. The highest BCUT2D eigenvalue weighted by Crippen LogP contribution is 2.06. The molecule has 0 unspecified atom stereocenters. The van der Waals surface area contributed by atoms with Crippen LogP contribution >= 0.6 is 0 Å². The van der Waals surface area contributed by atoms with Crippen LogP contribution in [-0.2, 0) is 4.79 Å². The Hall–Kier alpha value is -0.370. The Bertz CT molecular complexity index is 108. The van der Waals surface area contributed by atoms with Crippen molar-refractivity contribution in [3.63, 3.8) is 0 Å². The third-order valence-corrected chi connectivity index (χ3v) is 1.51. The Morgan fingerprint density at radius 3 is 2.20 bits per heavy atom. The summed E-state index contributed by atoms with van der Waals surface area (Å²) in [6, 6.07) is 0. The van der Waals surface area contributed by atoms with Crippen LogP contribution in [0.25, 0.3) is 0 Å². The van der Waals surface area contributed by atoms with Crippen LogP contribution in [0.3, 0.4) is 0 Å². The van der Waals surface area contributed by atoms with Crippen molar-refractivity contribution in [1.29, 1.82) is 0 Å². The molecule has 0 radical (unpaired) electrons. The van der Waals surface area contributed by atoms with E-state index >= 15 is 0 Å². The molecule has 0 saturated heterocycles. The second-order valence-corrected chi connectivity index (χ2v) is 3.11. The second kappa shape index (κ2) is 4.45. The molecule has 0 aromatic rings. The van der Waals surface area contributed by atoms with Gasteiger partial charge in [-0.05, 0) is 5.92 Å². The number of hydrogen-bond acceptors (Lipinski definition) is 2. The van der Waals surface area contributed by atoms with Crippen molar-refractivity contribution in [2.75, 3.05) is 6.61 Å². The first-order valence-corrected chi connectivity index (χ1v) is 3.71. The van der Waals surface area contributed by atoms with Crippen molar-refractivity contribution in [2.45, 2.75) is 27.2 Å². The van der Waals surface area contributed by atoms with Crippen molar-refractivity contribution < 1.29 is 9.90 Å². The highest BCUT2D eigenvalue weighted by Gasteiger charge is 2.10. The second-order valence-electron chi connectivity index (χ2n) is 3.11. The number of aliphatic hydroxyl groups is 1. The maximum absolute atomic E-state index is 11.0. The first-order valence-electron chi connectivity index (χ1n) is 3.71. The van der Waals surface area contributed by atoms with Gasteiger partial charge in [0.05, 0.1) is 0 Å². The number of hydrogen-bond donors (Lipinski definition) is 1. The molecule has 0 aromatic carbocycles. The molecule has 1 atom stereocenters. The lowest BCUT2D eigenvalue weighted by atomic mass is 9.99. The molecular formula is C8H16O2. The van der Waals surface area contributed by atoms with Gasteiger partial charge in [0.1, 0.15) is 5.78 Å². The van der Waals surface area contributed by atoms with E-state index in [4.69, 9.17) is 5.11 Å². The summed E-state index contributed by atoms with van der Waals surface area (Å²) in [7, 11) is 0. The van der Waals surface area contributed by atoms with Gasteiger partial charge in [-0.3, -0.25) is 4.79 Å². The van der Waals surface area contributed by atoms with Gasteiger partial charge in [-0.2, -0.15) is 0 Å². The highest BCUT2D eigenvalue weighted by molar-refractivity contribution is 5.80. The fourth-order valence-corrected chi connectivity index (χ4v) is 0.644. The molecule has 60 valence electrons. The molecular weight excluding hydrogens is 128 g/mol. The van der Waals surface area contributed by atoms with Gasteiger partial charge in [0.15, 0.2) is 0 Å². The van der Waals surface area contributed by atoms with E-state index < -0.39 is 0 Å². The lowest BCUT2D eigenvalue weighted by Gasteiger charge is -2.07. The van der Waals surface area contributed by atoms with Crippen molar-refractivity contribution in [2.24, 2.45) is 11.8 Å².